The maximum Gasteiger partial charge on any atom is 0.234 e. The van der Waals surface area contributed by atoms with Gasteiger partial charge in [-0.1, -0.05) is 31.7 Å². The second kappa shape index (κ2) is 7.12. The van der Waals surface area contributed by atoms with E-state index in [9.17, 15) is 4.79 Å². The van der Waals surface area contributed by atoms with Crippen molar-refractivity contribution >= 4 is 17.7 Å². The maximum atomic E-state index is 12.6. The van der Waals surface area contributed by atoms with Gasteiger partial charge >= 0.3 is 0 Å². The van der Waals surface area contributed by atoms with E-state index in [2.05, 4.69) is 38.9 Å². The highest BCUT2D eigenvalue weighted by Crippen LogP contribution is 2.38. The average molecular weight is 331 g/mol. The van der Waals surface area contributed by atoms with Crippen LogP contribution in [0.5, 0.6) is 0 Å². The summed E-state index contributed by atoms with van der Waals surface area (Å²) in [4.78, 5) is 16.6. The van der Waals surface area contributed by atoms with Crippen LogP contribution in [0.25, 0.3) is 0 Å². The molecule has 0 bridgehead atoms. The molecule has 23 heavy (non-hydrogen) atoms. The van der Waals surface area contributed by atoms with Crippen molar-refractivity contribution in [1.82, 2.24) is 25.1 Å². The summed E-state index contributed by atoms with van der Waals surface area (Å²) in [5, 5.41) is 11.8. The molecule has 3 rings (SSSR count). The lowest BCUT2D eigenvalue weighted by Crippen LogP contribution is -2.35. The first-order chi connectivity index (χ1) is 11.1. The van der Waals surface area contributed by atoms with Gasteiger partial charge < -0.3 is 9.88 Å². The summed E-state index contributed by atoms with van der Waals surface area (Å²) in [5.74, 6) is 0.234. The molecule has 7 heteroatoms. The Morgan fingerprint density at radius 2 is 2.30 bits per heavy atom. The van der Waals surface area contributed by atoms with Gasteiger partial charge in [-0.2, -0.15) is 0 Å². The van der Waals surface area contributed by atoms with Crippen molar-refractivity contribution in [2.24, 2.45) is 5.92 Å². The number of pyridine rings is 1. The van der Waals surface area contributed by atoms with Crippen LogP contribution in [0.1, 0.15) is 38.3 Å². The molecule has 1 fully saturated rings. The quantitative estimate of drug-likeness (QED) is 0.789. The number of hydrogen-bond donors (Lipinski definition) is 1. The van der Waals surface area contributed by atoms with Crippen molar-refractivity contribution in [3.05, 3.63) is 36.4 Å². The molecule has 0 spiro atoms. The summed E-state index contributed by atoms with van der Waals surface area (Å²) in [7, 11) is 0. The molecule has 6 nitrogen and oxygen atoms in total. The molecule has 122 valence electrons. The first-order valence-electron chi connectivity index (χ1n) is 7.88. The molecule has 2 heterocycles. The molecule has 0 saturated heterocycles. The molecule has 0 aliphatic heterocycles. The van der Waals surface area contributed by atoms with Crippen LogP contribution in [0.15, 0.2) is 36.0 Å². The fourth-order valence-corrected chi connectivity index (χ4v) is 3.42. The Morgan fingerprint density at radius 3 is 2.96 bits per heavy atom. The Labute approximate surface area is 140 Å². The zero-order valence-electron chi connectivity index (χ0n) is 13.3. The zero-order valence-corrected chi connectivity index (χ0v) is 14.2. The van der Waals surface area contributed by atoms with Gasteiger partial charge in [0.2, 0.25) is 5.91 Å². The molecule has 0 aromatic carbocycles. The van der Waals surface area contributed by atoms with E-state index in [1.54, 1.807) is 18.7 Å². The number of thioether (sulfide) groups is 1. The molecule has 1 aliphatic rings. The third-order valence-electron chi connectivity index (χ3n) is 3.77. The lowest BCUT2D eigenvalue weighted by atomic mass is 10.1. The third-order valence-corrected chi connectivity index (χ3v) is 5.28. The standard InChI is InChI=1S/C16H21N5OS/c1-11(2)14(15(22)18-9-12-4-3-7-17-8-12)23-16-20-19-10-21(16)13-5-6-13/h3-4,7-8,10-11,13-14H,5-6,9H2,1-2H3,(H,18,22). The number of amides is 1. The summed E-state index contributed by atoms with van der Waals surface area (Å²) in [5.41, 5.74) is 0.995. The van der Waals surface area contributed by atoms with Crippen LogP contribution in [0.3, 0.4) is 0 Å². The van der Waals surface area contributed by atoms with Crippen LogP contribution in [0.2, 0.25) is 0 Å². The van der Waals surface area contributed by atoms with Gasteiger partial charge in [-0.3, -0.25) is 9.78 Å². The summed E-state index contributed by atoms with van der Waals surface area (Å²) in [6.07, 6.45) is 7.60. The van der Waals surface area contributed by atoms with Crippen molar-refractivity contribution < 1.29 is 4.79 Å². The van der Waals surface area contributed by atoms with Gasteiger partial charge in [-0.15, -0.1) is 10.2 Å². The normalized spacial score (nSPS) is 15.6. The van der Waals surface area contributed by atoms with E-state index >= 15 is 0 Å². The Bertz CT molecular complexity index is 654. The molecule has 1 aliphatic carbocycles. The summed E-state index contributed by atoms with van der Waals surface area (Å²) in [6.45, 7) is 4.60. The summed E-state index contributed by atoms with van der Waals surface area (Å²) in [6, 6.07) is 4.33. The van der Waals surface area contributed by atoms with Crippen molar-refractivity contribution in [2.75, 3.05) is 0 Å². The number of hydrogen-bond acceptors (Lipinski definition) is 5. The molecular formula is C16H21N5OS. The highest BCUT2D eigenvalue weighted by molar-refractivity contribution is 8.00. The van der Waals surface area contributed by atoms with E-state index in [0.717, 1.165) is 10.7 Å². The first kappa shape index (κ1) is 16.0. The number of carbonyl (C=O) groups excluding carboxylic acids is 1. The molecule has 2 aromatic heterocycles. The second-order valence-electron chi connectivity index (χ2n) is 6.11. The van der Waals surface area contributed by atoms with Crippen LogP contribution >= 0.6 is 11.8 Å². The van der Waals surface area contributed by atoms with Gasteiger partial charge in [0.25, 0.3) is 0 Å². The lowest BCUT2D eigenvalue weighted by Gasteiger charge is -2.19. The Hall–Kier alpha value is -1.89. The van der Waals surface area contributed by atoms with E-state index in [1.807, 2.05) is 12.1 Å². The van der Waals surface area contributed by atoms with Crippen molar-refractivity contribution in [3.8, 4) is 0 Å². The first-order valence-corrected chi connectivity index (χ1v) is 8.76. The van der Waals surface area contributed by atoms with Crippen LogP contribution in [-0.2, 0) is 11.3 Å². The van der Waals surface area contributed by atoms with Crippen molar-refractivity contribution in [2.45, 2.75) is 49.7 Å². The smallest absolute Gasteiger partial charge is 0.234 e. The Kier molecular flexibility index (Phi) is 4.95. The Balaban J connectivity index is 1.63. The monoisotopic (exact) mass is 331 g/mol. The second-order valence-corrected chi connectivity index (χ2v) is 7.22. The molecule has 1 amide bonds. The van der Waals surface area contributed by atoms with Gasteiger partial charge in [0, 0.05) is 25.0 Å². The van der Waals surface area contributed by atoms with Gasteiger partial charge in [-0.25, -0.2) is 0 Å². The minimum absolute atomic E-state index is 0.0270. The molecule has 1 N–H and O–H groups in total. The van der Waals surface area contributed by atoms with Crippen molar-refractivity contribution in [3.63, 3.8) is 0 Å². The lowest BCUT2D eigenvalue weighted by molar-refractivity contribution is -0.121. The Morgan fingerprint density at radius 1 is 1.48 bits per heavy atom. The molecule has 0 radical (unpaired) electrons. The number of nitrogens with one attached hydrogen (secondary N) is 1. The molecule has 1 saturated carbocycles. The number of carbonyl (C=O) groups is 1. The minimum atomic E-state index is -0.187. The van der Waals surface area contributed by atoms with Gasteiger partial charge in [-0.05, 0) is 30.4 Å². The van der Waals surface area contributed by atoms with E-state index in [-0.39, 0.29) is 17.1 Å². The number of aromatic nitrogens is 4. The van der Waals surface area contributed by atoms with Gasteiger partial charge in [0.05, 0.1) is 5.25 Å². The van der Waals surface area contributed by atoms with E-state index in [0.29, 0.717) is 12.6 Å². The van der Waals surface area contributed by atoms with E-state index in [1.165, 1.54) is 24.6 Å². The average Bonchev–Trinajstić information content (AvgIpc) is 3.29. The van der Waals surface area contributed by atoms with Crippen LogP contribution in [0, 0.1) is 5.92 Å². The predicted octanol–water partition coefficient (Wildman–Crippen LogP) is 2.44. The molecule has 2 aromatic rings. The molecule has 1 atom stereocenters. The van der Waals surface area contributed by atoms with Gasteiger partial charge in [0.1, 0.15) is 6.33 Å². The number of rotatable bonds is 7. The maximum absolute atomic E-state index is 12.6. The van der Waals surface area contributed by atoms with Crippen LogP contribution < -0.4 is 5.32 Å². The fraction of sp³-hybridized carbons (Fsp3) is 0.500. The number of nitrogens with zero attached hydrogens (tertiary/aromatic N) is 4. The van der Waals surface area contributed by atoms with E-state index < -0.39 is 0 Å². The fourth-order valence-electron chi connectivity index (χ4n) is 2.32. The highest BCUT2D eigenvalue weighted by atomic mass is 32.2. The SMILES string of the molecule is CC(C)C(Sc1nncn1C1CC1)C(=O)NCc1cccnc1. The van der Waals surface area contributed by atoms with E-state index in [4.69, 9.17) is 0 Å². The molecule has 1 unspecified atom stereocenters. The summed E-state index contributed by atoms with van der Waals surface area (Å²) >= 11 is 1.50. The minimum Gasteiger partial charge on any atom is -0.351 e. The van der Waals surface area contributed by atoms with Crippen molar-refractivity contribution in [1.29, 1.82) is 0 Å². The van der Waals surface area contributed by atoms with Gasteiger partial charge in [0.15, 0.2) is 5.16 Å². The summed E-state index contributed by atoms with van der Waals surface area (Å²) < 4.78 is 2.09. The zero-order chi connectivity index (χ0) is 16.2. The van der Waals surface area contributed by atoms with Crippen LogP contribution in [0.4, 0.5) is 0 Å². The third kappa shape index (κ3) is 4.10. The largest absolute Gasteiger partial charge is 0.351 e. The topological polar surface area (TPSA) is 72.7 Å². The predicted molar refractivity (Wildman–Crippen MR) is 88.9 cm³/mol. The highest BCUT2D eigenvalue weighted by Gasteiger charge is 2.30. The molecular weight excluding hydrogens is 310 g/mol. The van der Waals surface area contributed by atoms with Crippen LogP contribution in [-0.4, -0.2) is 30.9 Å².